The van der Waals surface area contributed by atoms with Crippen LogP contribution in [0.25, 0.3) is 10.9 Å². The van der Waals surface area contributed by atoms with E-state index in [9.17, 15) is 9.59 Å². The fourth-order valence-electron chi connectivity index (χ4n) is 6.13. The van der Waals surface area contributed by atoms with Gasteiger partial charge in [0.05, 0.1) is 13.7 Å². The predicted octanol–water partition coefficient (Wildman–Crippen LogP) is 5.78. The molecule has 0 radical (unpaired) electrons. The molecule has 2 N–H and O–H groups in total. The van der Waals surface area contributed by atoms with Crippen molar-refractivity contribution >= 4 is 22.6 Å². The number of aromatic amines is 2. The monoisotopic (exact) mass is 525 g/mol. The summed E-state index contributed by atoms with van der Waals surface area (Å²) < 4.78 is 11.7. The van der Waals surface area contributed by atoms with E-state index >= 15 is 0 Å². The lowest BCUT2D eigenvalue weighted by Crippen LogP contribution is -2.35. The van der Waals surface area contributed by atoms with E-state index in [0.717, 1.165) is 83.6 Å². The lowest BCUT2D eigenvalue weighted by Gasteiger charge is -2.23. The molecule has 1 aliphatic heterocycles. The van der Waals surface area contributed by atoms with Gasteiger partial charge in [-0.3, -0.25) is 9.59 Å². The maximum absolute atomic E-state index is 13.9. The lowest BCUT2D eigenvalue weighted by atomic mass is 9.93. The summed E-state index contributed by atoms with van der Waals surface area (Å²) in [6, 6.07) is 14.5. The second-order valence-electron chi connectivity index (χ2n) is 10.6. The van der Waals surface area contributed by atoms with Crippen LogP contribution < -0.4 is 9.47 Å². The molecule has 7 nitrogen and oxygen atoms in total. The van der Waals surface area contributed by atoms with Gasteiger partial charge in [-0.25, -0.2) is 0 Å². The second-order valence-corrected chi connectivity index (χ2v) is 10.6. The van der Waals surface area contributed by atoms with E-state index in [1.54, 1.807) is 7.11 Å². The number of hydrogen-bond acceptors (Lipinski definition) is 4. The van der Waals surface area contributed by atoms with Crippen LogP contribution in [0.1, 0.15) is 74.6 Å². The number of nitrogens with zero attached hydrogens (tertiary/aromatic N) is 1. The molecule has 0 unspecified atom stereocenters. The van der Waals surface area contributed by atoms with Crippen molar-refractivity contribution in [3.8, 4) is 11.5 Å². The Morgan fingerprint density at radius 2 is 1.85 bits per heavy atom. The summed E-state index contributed by atoms with van der Waals surface area (Å²) in [4.78, 5) is 35.5. The number of benzene rings is 2. The van der Waals surface area contributed by atoms with E-state index in [-0.39, 0.29) is 11.7 Å². The Kier molecular flexibility index (Phi) is 6.90. The molecule has 202 valence electrons. The van der Waals surface area contributed by atoms with Gasteiger partial charge in [-0.1, -0.05) is 24.3 Å². The highest BCUT2D eigenvalue weighted by Gasteiger charge is 2.28. The van der Waals surface area contributed by atoms with Gasteiger partial charge in [0, 0.05) is 53.8 Å². The van der Waals surface area contributed by atoms with Crippen molar-refractivity contribution in [2.75, 3.05) is 26.8 Å². The Bertz CT molecular complexity index is 1550. The van der Waals surface area contributed by atoms with Gasteiger partial charge in [0.2, 0.25) is 0 Å². The van der Waals surface area contributed by atoms with Crippen LogP contribution in [0.15, 0.2) is 42.5 Å². The number of hydrogen-bond donors (Lipinski definition) is 2. The van der Waals surface area contributed by atoms with Crippen molar-refractivity contribution < 1.29 is 19.1 Å². The third-order valence-electron chi connectivity index (χ3n) is 8.16. The van der Waals surface area contributed by atoms with Crippen LogP contribution in [0.2, 0.25) is 0 Å². The number of rotatable bonds is 2. The van der Waals surface area contributed by atoms with E-state index in [1.165, 1.54) is 10.9 Å². The maximum Gasteiger partial charge on any atom is 0.270 e. The van der Waals surface area contributed by atoms with Crippen LogP contribution in [0.4, 0.5) is 0 Å². The molecule has 3 heterocycles. The molecule has 1 aliphatic carbocycles. The average molecular weight is 526 g/mol. The number of fused-ring (bicyclic) bond motifs is 6. The number of para-hydroxylation sites is 1. The number of carbonyl (C=O) groups excluding carboxylic acids is 2. The number of H-pyrrole nitrogens is 2. The van der Waals surface area contributed by atoms with Gasteiger partial charge in [0.1, 0.15) is 5.69 Å². The average Bonchev–Trinajstić information content (AvgIpc) is 3.47. The molecule has 0 saturated heterocycles. The molecular formula is C32H35N3O4. The van der Waals surface area contributed by atoms with Crippen molar-refractivity contribution in [3.63, 3.8) is 0 Å². The van der Waals surface area contributed by atoms with Crippen LogP contribution in [0.3, 0.4) is 0 Å². The molecule has 0 atom stereocenters. The normalized spacial score (nSPS) is 16.3. The minimum atomic E-state index is -0.0315. The third kappa shape index (κ3) is 4.82. The van der Waals surface area contributed by atoms with Crippen LogP contribution >= 0.6 is 0 Å². The van der Waals surface area contributed by atoms with E-state index in [1.807, 2.05) is 24.0 Å². The molecular weight excluding hydrogens is 490 g/mol. The number of aromatic nitrogens is 2. The molecule has 2 aromatic heterocycles. The third-order valence-corrected chi connectivity index (χ3v) is 8.16. The molecule has 0 fully saturated rings. The van der Waals surface area contributed by atoms with E-state index in [4.69, 9.17) is 9.47 Å². The number of methoxy groups -OCH3 is 1. The molecule has 1 amide bonds. The highest BCUT2D eigenvalue weighted by Crippen LogP contribution is 2.32. The first-order valence-corrected chi connectivity index (χ1v) is 14.0. The van der Waals surface area contributed by atoms with Gasteiger partial charge in [-0.05, 0) is 73.9 Å². The Labute approximate surface area is 228 Å². The maximum atomic E-state index is 13.9. The van der Waals surface area contributed by atoms with Crippen LogP contribution in [-0.2, 0) is 19.3 Å². The first kappa shape index (κ1) is 25.3. The highest BCUT2D eigenvalue weighted by molar-refractivity contribution is 6.04. The Morgan fingerprint density at radius 3 is 2.69 bits per heavy atom. The number of nitrogens with one attached hydrogen (secondary N) is 2. The summed E-state index contributed by atoms with van der Waals surface area (Å²) in [5.41, 5.74) is 7.62. The first-order chi connectivity index (χ1) is 19.0. The summed E-state index contributed by atoms with van der Waals surface area (Å²) in [6.07, 6.45) is 5.29. The van der Waals surface area contributed by atoms with E-state index in [2.05, 4.69) is 40.3 Å². The van der Waals surface area contributed by atoms with E-state index in [0.29, 0.717) is 31.8 Å². The molecule has 39 heavy (non-hydrogen) atoms. The Balaban J connectivity index is 1.35. The summed E-state index contributed by atoms with van der Waals surface area (Å²) in [5.74, 6) is 1.58. The van der Waals surface area contributed by atoms with Gasteiger partial charge in [0.25, 0.3) is 5.91 Å². The summed E-state index contributed by atoms with van der Waals surface area (Å²) in [5, 5.41) is 1.19. The lowest BCUT2D eigenvalue weighted by molar-refractivity contribution is 0.0746. The molecule has 6 rings (SSSR count). The number of aryl methyl sites for hydroxylation is 1. The van der Waals surface area contributed by atoms with Crippen molar-refractivity contribution in [1.29, 1.82) is 0 Å². The van der Waals surface area contributed by atoms with Crippen LogP contribution in [0, 0.1) is 6.92 Å². The van der Waals surface area contributed by atoms with Crippen LogP contribution in [-0.4, -0.2) is 53.4 Å². The molecule has 4 aromatic rings. The second kappa shape index (κ2) is 10.6. The standard InChI is InChI=1S/C32H35N3O4/c1-20-30-25(10-7-11-27(30)36)34-31(20)32(37)35-15-5-6-17-39-29-19-21(12-13-28(29)38-2)18-26-23(14-16-35)22-8-3-4-9-24(22)33-26/h3-4,8-9,12-13,19,33-34H,5-7,10-11,14-18H2,1-2H3. The topological polar surface area (TPSA) is 87.4 Å². The smallest absolute Gasteiger partial charge is 0.270 e. The number of ether oxygens (including phenoxy) is 2. The minimum absolute atomic E-state index is 0.0315. The molecule has 0 saturated carbocycles. The SMILES string of the molecule is COc1ccc2cc1OCCCCN(C(=O)c1[nH]c3c(c1C)C(=O)CCC3)CCc1c([nH]c3ccccc13)C2. The number of carbonyl (C=O) groups is 2. The molecule has 2 bridgehead atoms. The Hall–Kier alpha value is -4.00. The van der Waals surface area contributed by atoms with Gasteiger partial charge in [0.15, 0.2) is 17.3 Å². The zero-order chi connectivity index (χ0) is 26.9. The molecule has 2 aromatic carbocycles. The summed E-state index contributed by atoms with van der Waals surface area (Å²) in [6.45, 7) is 3.67. The number of Topliss-reactive ketones (excluding diaryl/α,β-unsaturated/α-hetero) is 1. The zero-order valence-corrected chi connectivity index (χ0v) is 22.7. The number of ketones is 1. The van der Waals surface area contributed by atoms with Crippen molar-refractivity contribution in [2.45, 2.75) is 51.9 Å². The molecule has 2 aliphatic rings. The first-order valence-electron chi connectivity index (χ1n) is 14.0. The molecule has 0 spiro atoms. The summed E-state index contributed by atoms with van der Waals surface area (Å²) in [7, 11) is 1.66. The Morgan fingerprint density at radius 1 is 0.974 bits per heavy atom. The predicted molar refractivity (Wildman–Crippen MR) is 151 cm³/mol. The van der Waals surface area contributed by atoms with Crippen molar-refractivity contribution in [3.05, 3.63) is 81.8 Å². The van der Waals surface area contributed by atoms with Gasteiger partial charge >= 0.3 is 0 Å². The van der Waals surface area contributed by atoms with Crippen LogP contribution in [0.5, 0.6) is 11.5 Å². The minimum Gasteiger partial charge on any atom is -0.493 e. The quantitative estimate of drug-likeness (QED) is 0.347. The van der Waals surface area contributed by atoms with Crippen molar-refractivity contribution in [2.24, 2.45) is 0 Å². The van der Waals surface area contributed by atoms with Crippen molar-refractivity contribution in [1.82, 2.24) is 14.9 Å². The van der Waals surface area contributed by atoms with Gasteiger partial charge < -0.3 is 24.3 Å². The largest absolute Gasteiger partial charge is 0.493 e. The summed E-state index contributed by atoms with van der Waals surface area (Å²) >= 11 is 0. The van der Waals surface area contributed by atoms with E-state index < -0.39 is 0 Å². The zero-order valence-electron chi connectivity index (χ0n) is 22.7. The van der Waals surface area contributed by atoms with Gasteiger partial charge in [-0.2, -0.15) is 0 Å². The fraction of sp³-hybridized carbons (Fsp3) is 0.375. The highest BCUT2D eigenvalue weighted by atomic mass is 16.5. The van der Waals surface area contributed by atoms with Gasteiger partial charge in [-0.15, -0.1) is 0 Å². The number of amides is 1. The fourth-order valence-corrected chi connectivity index (χ4v) is 6.13. The molecule has 7 heteroatoms.